The van der Waals surface area contributed by atoms with Crippen LogP contribution in [0.15, 0.2) is 18.3 Å². The molecule has 2 aromatic heterocycles. The van der Waals surface area contributed by atoms with Crippen molar-refractivity contribution in [1.82, 2.24) is 9.38 Å². The van der Waals surface area contributed by atoms with Gasteiger partial charge in [-0.25, -0.2) is 4.98 Å². The lowest BCUT2D eigenvalue weighted by Gasteiger charge is -1.94. The van der Waals surface area contributed by atoms with E-state index in [9.17, 15) is 10.1 Å². The van der Waals surface area contributed by atoms with Crippen LogP contribution in [0.1, 0.15) is 5.69 Å². The number of hydrogen-bond acceptors (Lipinski definition) is 4. The SMILES string of the molecule is Cc1nc2cc(N)ccn2c1[N+](=O)[O-]. The topological polar surface area (TPSA) is 86.5 Å². The van der Waals surface area contributed by atoms with Gasteiger partial charge in [-0.2, -0.15) is 4.40 Å². The van der Waals surface area contributed by atoms with Gasteiger partial charge in [0.1, 0.15) is 11.9 Å². The third-order valence-electron chi connectivity index (χ3n) is 1.97. The van der Waals surface area contributed by atoms with E-state index < -0.39 is 4.92 Å². The van der Waals surface area contributed by atoms with E-state index in [-0.39, 0.29) is 5.82 Å². The van der Waals surface area contributed by atoms with Crippen LogP contribution < -0.4 is 5.73 Å². The molecule has 2 N–H and O–H groups in total. The van der Waals surface area contributed by atoms with Crippen LogP contribution in [0.4, 0.5) is 11.5 Å². The maximum absolute atomic E-state index is 10.7. The molecule has 0 spiro atoms. The van der Waals surface area contributed by atoms with Gasteiger partial charge in [0.2, 0.25) is 5.65 Å². The minimum Gasteiger partial charge on any atom is -0.398 e. The first-order valence-corrected chi connectivity index (χ1v) is 3.98. The number of nitrogens with two attached hydrogens (primary N) is 1. The van der Waals surface area contributed by atoms with Gasteiger partial charge in [-0.1, -0.05) is 0 Å². The van der Waals surface area contributed by atoms with E-state index in [1.807, 2.05) is 0 Å². The van der Waals surface area contributed by atoms with Crippen molar-refractivity contribution in [2.75, 3.05) is 5.73 Å². The number of nitrogens with zero attached hydrogens (tertiary/aromatic N) is 3. The zero-order valence-corrected chi connectivity index (χ0v) is 7.47. The van der Waals surface area contributed by atoms with Gasteiger partial charge in [0, 0.05) is 17.8 Å². The van der Waals surface area contributed by atoms with Gasteiger partial charge in [0.15, 0.2) is 0 Å². The van der Waals surface area contributed by atoms with E-state index >= 15 is 0 Å². The van der Waals surface area contributed by atoms with Crippen molar-refractivity contribution in [2.24, 2.45) is 0 Å². The molecule has 0 saturated heterocycles. The van der Waals surface area contributed by atoms with Crippen LogP contribution in [-0.2, 0) is 0 Å². The molecule has 0 amide bonds. The third-order valence-corrected chi connectivity index (χ3v) is 1.97. The highest BCUT2D eigenvalue weighted by Gasteiger charge is 2.18. The van der Waals surface area contributed by atoms with E-state index in [1.54, 1.807) is 25.3 Å². The second-order valence-electron chi connectivity index (χ2n) is 2.97. The van der Waals surface area contributed by atoms with Gasteiger partial charge in [-0.3, -0.25) is 0 Å². The number of pyridine rings is 1. The zero-order chi connectivity index (χ0) is 10.3. The van der Waals surface area contributed by atoms with Crippen LogP contribution in [0, 0.1) is 17.0 Å². The molecule has 0 saturated carbocycles. The van der Waals surface area contributed by atoms with Gasteiger partial charge in [-0.15, -0.1) is 0 Å². The molecule has 2 rings (SSSR count). The molecule has 0 unspecified atom stereocenters. The molecule has 0 radical (unpaired) electrons. The molecule has 72 valence electrons. The van der Waals surface area contributed by atoms with Crippen molar-refractivity contribution in [3.8, 4) is 0 Å². The predicted octanol–water partition coefficient (Wildman–Crippen LogP) is 1.13. The summed E-state index contributed by atoms with van der Waals surface area (Å²) in [4.78, 5) is 14.3. The average Bonchev–Trinajstić information content (AvgIpc) is 2.39. The molecular weight excluding hydrogens is 184 g/mol. The summed E-state index contributed by atoms with van der Waals surface area (Å²) in [6.07, 6.45) is 1.54. The van der Waals surface area contributed by atoms with Crippen LogP contribution in [0.25, 0.3) is 5.65 Å². The first kappa shape index (κ1) is 8.49. The summed E-state index contributed by atoms with van der Waals surface area (Å²) in [6, 6.07) is 3.20. The molecule has 0 bridgehead atoms. The molecule has 2 aromatic rings. The largest absolute Gasteiger partial charge is 0.398 e. The highest BCUT2D eigenvalue weighted by molar-refractivity contribution is 5.56. The zero-order valence-electron chi connectivity index (χ0n) is 7.47. The Morgan fingerprint density at radius 3 is 3.00 bits per heavy atom. The molecule has 0 aliphatic rings. The lowest BCUT2D eigenvalue weighted by Crippen LogP contribution is -1.95. The normalized spacial score (nSPS) is 10.6. The Labute approximate surface area is 79.1 Å². The quantitative estimate of drug-likeness (QED) is 0.542. The van der Waals surface area contributed by atoms with Gasteiger partial charge in [0.25, 0.3) is 0 Å². The minimum atomic E-state index is -0.453. The smallest absolute Gasteiger partial charge is 0.350 e. The van der Waals surface area contributed by atoms with Crippen molar-refractivity contribution in [3.63, 3.8) is 0 Å². The number of fused-ring (bicyclic) bond motifs is 1. The fraction of sp³-hybridized carbons (Fsp3) is 0.125. The summed E-state index contributed by atoms with van der Waals surface area (Å²) in [6.45, 7) is 1.60. The number of aromatic nitrogens is 2. The predicted molar refractivity (Wildman–Crippen MR) is 51.0 cm³/mol. The molecule has 0 aliphatic carbocycles. The molecule has 6 heteroatoms. The Hall–Kier alpha value is -2.11. The summed E-state index contributed by atoms with van der Waals surface area (Å²) in [5.74, 6) is -0.0139. The minimum absolute atomic E-state index is 0.0139. The van der Waals surface area contributed by atoms with Crippen LogP contribution in [0.5, 0.6) is 0 Å². The van der Waals surface area contributed by atoms with Crippen LogP contribution >= 0.6 is 0 Å². The maximum atomic E-state index is 10.7. The van der Waals surface area contributed by atoms with E-state index in [0.717, 1.165) is 0 Å². The summed E-state index contributed by atoms with van der Waals surface area (Å²) in [5, 5.41) is 10.7. The number of aryl methyl sites for hydroxylation is 1. The maximum Gasteiger partial charge on any atom is 0.350 e. The van der Waals surface area contributed by atoms with Crippen molar-refractivity contribution in [1.29, 1.82) is 0 Å². The fourth-order valence-electron chi connectivity index (χ4n) is 1.39. The Bertz CT molecular complexity index is 517. The third kappa shape index (κ3) is 1.08. The first-order valence-electron chi connectivity index (χ1n) is 3.98. The first-order chi connectivity index (χ1) is 6.59. The number of nitrogen functional groups attached to an aromatic ring is 1. The number of rotatable bonds is 1. The average molecular weight is 192 g/mol. The molecule has 0 atom stereocenters. The molecule has 6 nitrogen and oxygen atoms in total. The van der Waals surface area contributed by atoms with Crippen molar-refractivity contribution in [2.45, 2.75) is 6.92 Å². The Morgan fingerprint density at radius 1 is 1.64 bits per heavy atom. The summed E-state index contributed by atoms with van der Waals surface area (Å²) in [5.41, 5.74) is 6.96. The highest BCUT2D eigenvalue weighted by atomic mass is 16.6. The monoisotopic (exact) mass is 192 g/mol. The number of anilines is 1. The summed E-state index contributed by atoms with van der Waals surface area (Å²) < 4.78 is 1.41. The molecule has 0 aliphatic heterocycles. The summed E-state index contributed by atoms with van der Waals surface area (Å²) in [7, 11) is 0. The van der Waals surface area contributed by atoms with Gasteiger partial charge in [0.05, 0.1) is 0 Å². The second-order valence-corrected chi connectivity index (χ2v) is 2.97. The van der Waals surface area contributed by atoms with Crippen LogP contribution in [-0.4, -0.2) is 14.3 Å². The van der Waals surface area contributed by atoms with E-state index in [2.05, 4.69) is 4.98 Å². The highest BCUT2D eigenvalue weighted by Crippen LogP contribution is 2.20. The molecule has 2 heterocycles. The number of nitro groups is 1. The Balaban J connectivity index is 2.84. The lowest BCUT2D eigenvalue weighted by atomic mass is 10.4. The van der Waals surface area contributed by atoms with Crippen molar-refractivity contribution < 1.29 is 4.92 Å². The van der Waals surface area contributed by atoms with Crippen molar-refractivity contribution in [3.05, 3.63) is 34.1 Å². The number of imidazole rings is 1. The van der Waals surface area contributed by atoms with Crippen LogP contribution in [0.3, 0.4) is 0 Å². The Kier molecular flexibility index (Phi) is 1.63. The Morgan fingerprint density at radius 2 is 2.36 bits per heavy atom. The standard InChI is InChI=1S/C8H8N4O2/c1-5-8(12(13)14)11-3-2-6(9)4-7(11)10-5/h2-4H,9H2,1H3. The van der Waals surface area contributed by atoms with E-state index in [0.29, 0.717) is 17.0 Å². The fourth-order valence-corrected chi connectivity index (χ4v) is 1.39. The molecule has 14 heavy (non-hydrogen) atoms. The second kappa shape index (κ2) is 2.69. The molecule has 0 fully saturated rings. The summed E-state index contributed by atoms with van der Waals surface area (Å²) >= 11 is 0. The number of hydrogen-bond donors (Lipinski definition) is 1. The van der Waals surface area contributed by atoms with E-state index in [1.165, 1.54) is 4.40 Å². The molecule has 0 aromatic carbocycles. The van der Waals surface area contributed by atoms with E-state index in [4.69, 9.17) is 5.73 Å². The van der Waals surface area contributed by atoms with Gasteiger partial charge < -0.3 is 15.8 Å². The van der Waals surface area contributed by atoms with Gasteiger partial charge >= 0.3 is 5.82 Å². The molecular formula is C8H8N4O2. The van der Waals surface area contributed by atoms with Crippen LogP contribution in [0.2, 0.25) is 0 Å². The lowest BCUT2D eigenvalue weighted by molar-refractivity contribution is -0.390. The van der Waals surface area contributed by atoms with Gasteiger partial charge in [-0.05, 0) is 11.8 Å². The van der Waals surface area contributed by atoms with Crippen molar-refractivity contribution >= 4 is 17.2 Å².